The van der Waals surface area contributed by atoms with Crippen LogP contribution in [0.15, 0.2) is 24.3 Å². The lowest BCUT2D eigenvalue weighted by molar-refractivity contribution is -0.138. The molecule has 1 saturated carbocycles. The van der Waals surface area contributed by atoms with Gasteiger partial charge < -0.3 is 9.47 Å². The topological polar surface area (TPSA) is 52.6 Å². The van der Waals surface area contributed by atoms with E-state index in [2.05, 4.69) is 0 Å². The Morgan fingerprint density at radius 3 is 1.71 bits per heavy atom. The van der Waals surface area contributed by atoms with Crippen LogP contribution in [0.25, 0.3) is 0 Å². The van der Waals surface area contributed by atoms with Gasteiger partial charge in [-0.25, -0.2) is 9.59 Å². The van der Waals surface area contributed by atoms with E-state index in [4.69, 9.17) is 9.47 Å². The van der Waals surface area contributed by atoms with Gasteiger partial charge in [0.25, 0.3) is 0 Å². The van der Waals surface area contributed by atoms with Gasteiger partial charge in [0.15, 0.2) is 0 Å². The summed E-state index contributed by atoms with van der Waals surface area (Å²) in [6.07, 6.45) is 11.6. The zero-order valence-corrected chi connectivity index (χ0v) is 13.0. The molecule has 0 radical (unpaired) electrons. The Bertz CT molecular complexity index is 348. The largest absolute Gasteiger partial charge is 0.463 e. The second kappa shape index (κ2) is 10.2. The van der Waals surface area contributed by atoms with Crippen LogP contribution in [0, 0.1) is 11.8 Å². The molecule has 0 heterocycles. The van der Waals surface area contributed by atoms with Crippen LogP contribution in [0.2, 0.25) is 0 Å². The zero-order valence-electron chi connectivity index (χ0n) is 13.0. The van der Waals surface area contributed by atoms with Gasteiger partial charge in [-0.15, -0.1) is 0 Å². The van der Waals surface area contributed by atoms with Gasteiger partial charge in [-0.1, -0.05) is 26.0 Å². The van der Waals surface area contributed by atoms with Gasteiger partial charge in [0.05, 0.1) is 13.2 Å². The van der Waals surface area contributed by atoms with Crippen LogP contribution in [-0.2, 0) is 19.1 Å². The maximum atomic E-state index is 11.4. The highest BCUT2D eigenvalue weighted by Gasteiger charge is 2.21. The molecule has 0 aromatic carbocycles. The normalized spacial score (nSPS) is 22.0. The van der Waals surface area contributed by atoms with Crippen molar-refractivity contribution in [2.75, 3.05) is 13.2 Å². The molecular formula is C17H26O4. The van der Waals surface area contributed by atoms with Crippen LogP contribution in [0.1, 0.15) is 46.0 Å². The molecule has 0 aromatic heterocycles. The second-order valence-corrected chi connectivity index (χ2v) is 5.39. The van der Waals surface area contributed by atoms with Crippen LogP contribution < -0.4 is 0 Å². The minimum absolute atomic E-state index is 0.265. The van der Waals surface area contributed by atoms with Crippen molar-refractivity contribution in [3.63, 3.8) is 0 Å². The molecule has 118 valence electrons. The second-order valence-electron chi connectivity index (χ2n) is 5.39. The Labute approximate surface area is 127 Å². The van der Waals surface area contributed by atoms with E-state index in [0.717, 1.165) is 32.1 Å². The molecule has 0 aromatic rings. The first-order chi connectivity index (χ1) is 10.2. The fraction of sp³-hybridized carbons (Fsp3) is 0.647. The monoisotopic (exact) mass is 294 g/mol. The summed E-state index contributed by atoms with van der Waals surface area (Å²) in [6, 6.07) is 0. The Morgan fingerprint density at radius 2 is 1.33 bits per heavy atom. The van der Waals surface area contributed by atoms with Crippen molar-refractivity contribution in [3.8, 4) is 0 Å². The Morgan fingerprint density at radius 1 is 0.905 bits per heavy atom. The Kier molecular flexibility index (Phi) is 8.48. The zero-order chi connectivity index (χ0) is 15.5. The molecule has 0 saturated heterocycles. The van der Waals surface area contributed by atoms with Gasteiger partial charge in [0, 0.05) is 12.2 Å². The minimum Gasteiger partial charge on any atom is -0.463 e. The summed E-state index contributed by atoms with van der Waals surface area (Å²) >= 11 is 0. The molecule has 1 aliphatic rings. The van der Waals surface area contributed by atoms with Crippen molar-refractivity contribution in [2.45, 2.75) is 46.0 Å². The quantitative estimate of drug-likeness (QED) is 0.508. The molecule has 4 heteroatoms. The van der Waals surface area contributed by atoms with E-state index in [9.17, 15) is 9.59 Å². The molecule has 2 unspecified atom stereocenters. The molecule has 0 aliphatic heterocycles. The van der Waals surface area contributed by atoms with E-state index in [-0.39, 0.29) is 11.9 Å². The third-order valence-corrected chi connectivity index (χ3v) is 3.42. The molecule has 0 amide bonds. The average Bonchev–Trinajstić information content (AvgIpc) is 2.94. The van der Waals surface area contributed by atoms with E-state index in [0.29, 0.717) is 25.0 Å². The molecule has 0 spiro atoms. The van der Waals surface area contributed by atoms with Gasteiger partial charge in [-0.2, -0.15) is 0 Å². The van der Waals surface area contributed by atoms with Gasteiger partial charge in [-0.3, -0.25) is 0 Å². The summed E-state index contributed by atoms with van der Waals surface area (Å²) in [5.74, 6) is 0.249. The van der Waals surface area contributed by atoms with Crippen molar-refractivity contribution in [1.29, 1.82) is 0 Å². The smallest absolute Gasteiger partial charge is 0.330 e. The van der Waals surface area contributed by atoms with Crippen molar-refractivity contribution < 1.29 is 19.1 Å². The van der Waals surface area contributed by atoms with Crippen LogP contribution in [0.3, 0.4) is 0 Å². The summed E-state index contributed by atoms with van der Waals surface area (Å²) in [5, 5.41) is 0. The number of esters is 2. The van der Waals surface area contributed by atoms with Crippen LogP contribution in [0.4, 0.5) is 0 Å². The molecule has 0 bridgehead atoms. The van der Waals surface area contributed by atoms with E-state index < -0.39 is 0 Å². The van der Waals surface area contributed by atoms with Crippen LogP contribution in [0.5, 0.6) is 0 Å². The summed E-state index contributed by atoms with van der Waals surface area (Å²) in [4.78, 5) is 22.7. The molecule has 1 fully saturated rings. The predicted octanol–water partition coefficient (Wildman–Crippen LogP) is 3.42. The van der Waals surface area contributed by atoms with Crippen molar-refractivity contribution in [1.82, 2.24) is 0 Å². The van der Waals surface area contributed by atoms with Gasteiger partial charge in [0.2, 0.25) is 0 Å². The number of carbonyl (C=O) groups excluding carboxylic acids is 2. The van der Waals surface area contributed by atoms with Gasteiger partial charge >= 0.3 is 11.9 Å². The van der Waals surface area contributed by atoms with E-state index in [1.807, 2.05) is 26.0 Å². The highest BCUT2D eigenvalue weighted by Crippen LogP contribution is 2.32. The number of hydrogen-bond acceptors (Lipinski definition) is 4. The first-order valence-electron chi connectivity index (χ1n) is 7.85. The summed E-state index contributed by atoms with van der Waals surface area (Å²) in [7, 11) is 0. The third-order valence-electron chi connectivity index (χ3n) is 3.42. The fourth-order valence-corrected chi connectivity index (χ4v) is 2.33. The van der Waals surface area contributed by atoms with Crippen molar-refractivity contribution in [2.24, 2.45) is 11.8 Å². The van der Waals surface area contributed by atoms with E-state index >= 15 is 0 Å². The highest BCUT2D eigenvalue weighted by atomic mass is 16.5. The molecule has 1 rings (SSSR count). The number of ether oxygens (including phenoxy) is 2. The maximum Gasteiger partial charge on any atom is 0.330 e. The molecule has 0 N–H and O–H groups in total. The van der Waals surface area contributed by atoms with Gasteiger partial charge in [-0.05, 0) is 43.9 Å². The SMILES string of the molecule is CCCOC(=O)/C=C/C1CCC(/C=C/C(=O)OCCC)C1. The first kappa shape index (κ1) is 17.5. The summed E-state index contributed by atoms with van der Waals surface area (Å²) < 4.78 is 9.99. The lowest BCUT2D eigenvalue weighted by atomic mass is 10.0. The lowest BCUT2D eigenvalue weighted by Gasteiger charge is -2.04. The van der Waals surface area contributed by atoms with E-state index in [1.165, 1.54) is 12.2 Å². The highest BCUT2D eigenvalue weighted by molar-refractivity contribution is 5.82. The molecular weight excluding hydrogens is 268 g/mol. The third kappa shape index (κ3) is 7.69. The number of allylic oxidation sites excluding steroid dienone is 2. The Balaban J connectivity index is 2.28. The standard InChI is InChI=1S/C17H26O4/c1-3-11-20-16(18)9-7-14-5-6-15(13-14)8-10-17(19)21-12-4-2/h7-10,14-15H,3-6,11-13H2,1-2H3/b9-7+,10-8+. The number of carbonyl (C=O) groups is 2. The molecule has 21 heavy (non-hydrogen) atoms. The van der Waals surface area contributed by atoms with Crippen molar-refractivity contribution in [3.05, 3.63) is 24.3 Å². The first-order valence-corrected chi connectivity index (χ1v) is 7.85. The summed E-state index contributed by atoms with van der Waals surface area (Å²) in [5.41, 5.74) is 0. The summed E-state index contributed by atoms with van der Waals surface area (Å²) in [6.45, 7) is 4.88. The fourth-order valence-electron chi connectivity index (χ4n) is 2.33. The average molecular weight is 294 g/mol. The lowest BCUT2D eigenvalue weighted by Crippen LogP contribution is -2.03. The molecule has 4 nitrogen and oxygen atoms in total. The molecule has 1 aliphatic carbocycles. The predicted molar refractivity (Wildman–Crippen MR) is 81.6 cm³/mol. The number of hydrogen-bond donors (Lipinski definition) is 0. The van der Waals surface area contributed by atoms with Crippen LogP contribution in [-0.4, -0.2) is 25.2 Å². The maximum absolute atomic E-state index is 11.4. The van der Waals surface area contributed by atoms with Crippen LogP contribution >= 0.6 is 0 Å². The van der Waals surface area contributed by atoms with Gasteiger partial charge in [0.1, 0.15) is 0 Å². The van der Waals surface area contributed by atoms with Crippen molar-refractivity contribution >= 4 is 11.9 Å². The Hall–Kier alpha value is -1.58. The molecule has 2 atom stereocenters. The number of rotatable bonds is 8. The minimum atomic E-state index is -0.265. The van der Waals surface area contributed by atoms with E-state index in [1.54, 1.807) is 0 Å².